The van der Waals surface area contributed by atoms with E-state index in [1.807, 2.05) is 0 Å². The second kappa shape index (κ2) is 11.1. The summed E-state index contributed by atoms with van der Waals surface area (Å²) in [6.45, 7) is 0. The van der Waals surface area contributed by atoms with Gasteiger partial charge in [0.25, 0.3) is 5.69 Å². The van der Waals surface area contributed by atoms with Gasteiger partial charge in [0.2, 0.25) is 5.91 Å². The highest BCUT2D eigenvalue weighted by Gasteiger charge is 2.34. The summed E-state index contributed by atoms with van der Waals surface area (Å²) < 4.78 is 55.8. The van der Waals surface area contributed by atoms with Crippen LogP contribution in [0.4, 0.5) is 24.5 Å². The molecule has 10 nitrogen and oxygen atoms in total. The summed E-state index contributed by atoms with van der Waals surface area (Å²) in [4.78, 5) is 30.7. The van der Waals surface area contributed by atoms with Crippen molar-refractivity contribution in [2.24, 2.45) is 0 Å². The van der Waals surface area contributed by atoms with Gasteiger partial charge in [-0.1, -0.05) is 11.8 Å². The molecule has 14 heteroatoms. The summed E-state index contributed by atoms with van der Waals surface area (Å²) in [5.74, 6) is -0.228. The number of anilines is 1. The van der Waals surface area contributed by atoms with Crippen molar-refractivity contribution in [3.05, 3.63) is 58.3 Å². The zero-order chi connectivity index (χ0) is 26.5. The van der Waals surface area contributed by atoms with Crippen LogP contribution in [0.5, 0.6) is 17.2 Å². The van der Waals surface area contributed by atoms with Crippen molar-refractivity contribution >= 4 is 29.0 Å². The maximum atomic E-state index is 13.5. The molecule has 2 aromatic carbocycles. The number of amides is 1. The van der Waals surface area contributed by atoms with Crippen molar-refractivity contribution in [1.29, 1.82) is 0 Å². The van der Waals surface area contributed by atoms with E-state index in [9.17, 15) is 28.1 Å². The number of nitro benzene ring substituents is 1. The number of nitrogens with zero attached hydrogens (tertiary/aromatic N) is 3. The minimum Gasteiger partial charge on any atom is -0.496 e. The summed E-state index contributed by atoms with van der Waals surface area (Å²) in [5, 5.41) is 13.3. The standard InChI is InChI=1S/C22H19F3N4O6S/c1-33-13-5-6-14(16(9-13)29(31)32)26-20(30)11-36-21-27-15(10-19(28-21)22(23,24)25)12-4-7-17(34-2)18(8-12)35-3/h4-10H,11H2,1-3H3,(H,26,30). The lowest BCUT2D eigenvalue weighted by Crippen LogP contribution is -2.16. The molecule has 190 valence electrons. The molecule has 0 aliphatic carbocycles. The van der Waals surface area contributed by atoms with E-state index < -0.39 is 34.1 Å². The molecule has 0 aliphatic heterocycles. The minimum atomic E-state index is -4.77. The van der Waals surface area contributed by atoms with E-state index in [2.05, 4.69) is 15.3 Å². The molecule has 0 unspecified atom stereocenters. The Labute approximate surface area is 206 Å². The van der Waals surface area contributed by atoms with Gasteiger partial charge in [-0.3, -0.25) is 14.9 Å². The molecular formula is C22H19F3N4O6S. The number of ether oxygens (including phenoxy) is 3. The Morgan fingerprint density at radius 1 is 1.03 bits per heavy atom. The number of alkyl halides is 3. The average Bonchev–Trinajstić information content (AvgIpc) is 2.86. The predicted molar refractivity (Wildman–Crippen MR) is 125 cm³/mol. The second-order valence-electron chi connectivity index (χ2n) is 6.97. The number of hydrogen-bond acceptors (Lipinski definition) is 9. The number of thioether (sulfide) groups is 1. The van der Waals surface area contributed by atoms with E-state index in [0.29, 0.717) is 23.1 Å². The maximum Gasteiger partial charge on any atom is 0.433 e. The number of benzene rings is 2. The van der Waals surface area contributed by atoms with Gasteiger partial charge in [0.1, 0.15) is 17.1 Å². The fraction of sp³-hybridized carbons (Fsp3) is 0.227. The van der Waals surface area contributed by atoms with E-state index in [-0.39, 0.29) is 28.0 Å². The summed E-state index contributed by atoms with van der Waals surface area (Å²) >= 11 is 0.642. The number of rotatable bonds is 9. The molecular weight excluding hydrogens is 505 g/mol. The number of aromatic nitrogens is 2. The Hall–Kier alpha value is -4.07. The lowest BCUT2D eigenvalue weighted by molar-refractivity contribution is -0.384. The molecule has 0 radical (unpaired) electrons. The first-order valence-corrected chi connectivity index (χ1v) is 11.0. The average molecular weight is 524 g/mol. The van der Waals surface area contributed by atoms with Crippen LogP contribution in [0.2, 0.25) is 0 Å². The zero-order valence-electron chi connectivity index (χ0n) is 19.1. The topological polar surface area (TPSA) is 126 Å². The number of nitrogens with one attached hydrogen (secondary N) is 1. The third-order valence-corrected chi connectivity index (χ3v) is 5.53. The predicted octanol–water partition coefficient (Wildman–Crippen LogP) is 4.83. The fourth-order valence-corrected chi connectivity index (χ4v) is 3.65. The Morgan fingerprint density at radius 3 is 2.36 bits per heavy atom. The lowest BCUT2D eigenvalue weighted by Gasteiger charge is -2.12. The Kier molecular flexibility index (Phi) is 8.19. The first-order chi connectivity index (χ1) is 17.0. The van der Waals surface area contributed by atoms with Gasteiger partial charge in [0.15, 0.2) is 16.7 Å². The molecule has 3 rings (SSSR count). The summed E-state index contributed by atoms with van der Waals surface area (Å²) in [6.07, 6.45) is -4.77. The molecule has 3 aromatic rings. The second-order valence-corrected chi connectivity index (χ2v) is 7.91. The molecule has 1 heterocycles. The van der Waals surface area contributed by atoms with Gasteiger partial charge >= 0.3 is 6.18 Å². The monoisotopic (exact) mass is 524 g/mol. The van der Waals surface area contributed by atoms with Crippen LogP contribution in [0, 0.1) is 10.1 Å². The van der Waals surface area contributed by atoms with Gasteiger partial charge in [-0.25, -0.2) is 9.97 Å². The Balaban J connectivity index is 1.85. The van der Waals surface area contributed by atoms with Crippen LogP contribution < -0.4 is 19.5 Å². The summed E-state index contributed by atoms with van der Waals surface area (Å²) in [6, 6.07) is 9.11. The maximum absolute atomic E-state index is 13.5. The molecule has 0 fully saturated rings. The number of hydrogen-bond donors (Lipinski definition) is 1. The van der Waals surface area contributed by atoms with Crippen molar-refractivity contribution in [3.63, 3.8) is 0 Å². The highest BCUT2D eigenvalue weighted by molar-refractivity contribution is 7.99. The van der Waals surface area contributed by atoms with Crippen LogP contribution >= 0.6 is 11.8 Å². The van der Waals surface area contributed by atoms with Crippen LogP contribution in [0.3, 0.4) is 0 Å². The number of methoxy groups -OCH3 is 3. The highest BCUT2D eigenvalue weighted by Crippen LogP contribution is 2.35. The van der Waals surface area contributed by atoms with Crippen molar-refractivity contribution in [2.75, 3.05) is 32.4 Å². The van der Waals surface area contributed by atoms with Crippen molar-refractivity contribution < 1.29 is 37.1 Å². The first-order valence-electron chi connectivity index (χ1n) is 9.99. The number of carbonyl (C=O) groups is 1. The quantitative estimate of drug-likeness (QED) is 0.181. The van der Waals surface area contributed by atoms with Crippen LogP contribution in [0.1, 0.15) is 5.69 Å². The largest absolute Gasteiger partial charge is 0.496 e. The van der Waals surface area contributed by atoms with Gasteiger partial charge in [-0.05, 0) is 36.4 Å². The third-order valence-electron chi connectivity index (χ3n) is 4.68. The highest BCUT2D eigenvalue weighted by atomic mass is 32.2. The first kappa shape index (κ1) is 26.5. The van der Waals surface area contributed by atoms with Crippen molar-refractivity contribution in [2.45, 2.75) is 11.3 Å². The van der Waals surface area contributed by atoms with Gasteiger partial charge in [-0.15, -0.1) is 0 Å². The molecule has 0 saturated heterocycles. The molecule has 0 atom stereocenters. The summed E-state index contributed by atoms with van der Waals surface area (Å²) in [7, 11) is 4.14. The SMILES string of the molecule is COc1ccc(NC(=O)CSc2nc(-c3ccc(OC)c(OC)c3)cc(C(F)(F)F)n2)c([N+](=O)[O-])c1. The zero-order valence-corrected chi connectivity index (χ0v) is 19.9. The van der Waals surface area contributed by atoms with Gasteiger partial charge in [0.05, 0.1) is 43.8 Å². The van der Waals surface area contributed by atoms with Gasteiger partial charge in [0, 0.05) is 5.56 Å². The molecule has 0 spiro atoms. The van der Waals surface area contributed by atoms with E-state index >= 15 is 0 Å². The van der Waals surface area contributed by atoms with Crippen LogP contribution in [0.25, 0.3) is 11.3 Å². The van der Waals surface area contributed by atoms with Crippen LogP contribution in [-0.4, -0.2) is 47.9 Å². The molecule has 1 aromatic heterocycles. The van der Waals surface area contributed by atoms with E-state index in [1.54, 1.807) is 0 Å². The van der Waals surface area contributed by atoms with Gasteiger partial charge in [-0.2, -0.15) is 13.2 Å². The Bertz CT molecular complexity index is 1290. The third kappa shape index (κ3) is 6.33. The molecule has 1 amide bonds. The van der Waals surface area contributed by atoms with Crippen LogP contribution in [0.15, 0.2) is 47.6 Å². The molecule has 0 saturated carbocycles. The van der Waals surface area contributed by atoms with Crippen LogP contribution in [-0.2, 0) is 11.0 Å². The van der Waals surface area contributed by atoms with E-state index in [0.717, 1.165) is 12.1 Å². The lowest BCUT2D eigenvalue weighted by atomic mass is 10.1. The Morgan fingerprint density at radius 2 is 1.75 bits per heavy atom. The molecule has 0 bridgehead atoms. The normalized spacial score (nSPS) is 11.1. The smallest absolute Gasteiger partial charge is 0.433 e. The summed E-state index contributed by atoms with van der Waals surface area (Å²) in [5.41, 5.74) is -1.44. The van der Waals surface area contributed by atoms with E-state index in [1.165, 1.54) is 51.7 Å². The van der Waals surface area contributed by atoms with Gasteiger partial charge < -0.3 is 19.5 Å². The van der Waals surface area contributed by atoms with E-state index in [4.69, 9.17) is 14.2 Å². The molecule has 1 N–H and O–H groups in total. The number of nitro groups is 1. The van der Waals surface area contributed by atoms with Crippen molar-refractivity contribution in [1.82, 2.24) is 9.97 Å². The molecule has 0 aliphatic rings. The fourth-order valence-electron chi connectivity index (χ4n) is 2.99. The molecule has 36 heavy (non-hydrogen) atoms. The minimum absolute atomic E-state index is 0.0491. The number of halogens is 3. The number of carbonyl (C=O) groups excluding carboxylic acids is 1. The van der Waals surface area contributed by atoms with Crippen molar-refractivity contribution in [3.8, 4) is 28.5 Å².